The molecule has 1 saturated heterocycles. The number of nitrogens with one attached hydrogen (secondary N) is 1. The Bertz CT molecular complexity index is 1500. The third-order valence-electron chi connectivity index (χ3n) is 6.69. The molecule has 0 bridgehead atoms. The minimum atomic E-state index is -0.274. The molecule has 0 saturated carbocycles. The van der Waals surface area contributed by atoms with Crippen LogP contribution in [-0.2, 0) is 11.2 Å². The number of nitrogens with zero attached hydrogens (tertiary/aromatic N) is 4. The summed E-state index contributed by atoms with van der Waals surface area (Å²) in [6.45, 7) is 2.79. The normalized spacial score (nSPS) is 14.2. The van der Waals surface area contributed by atoms with Gasteiger partial charge in [0.25, 0.3) is 0 Å². The summed E-state index contributed by atoms with van der Waals surface area (Å²) in [6.07, 6.45) is 2.54. The second kappa shape index (κ2) is 9.11. The molecule has 1 aliphatic heterocycles. The highest BCUT2D eigenvalue weighted by Gasteiger charge is 2.24. The number of benzene rings is 2. The molecular formula is C27H24FN5OS. The first-order chi connectivity index (χ1) is 17.2. The number of carbonyl (C=O) groups excluding carboxylic acids is 1. The van der Waals surface area contributed by atoms with Crippen molar-refractivity contribution in [3.05, 3.63) is 77.7 Å². The predicted molar refractivity (Wildman–Crippen MR) is 138 cm³/mol. The van der Waals surface area contributed by atoms with Crippen molar-refractivity contribution in [2.75, 3.05) is 31.1 Å². The number of H-pyrrole nitrogens is 1. The minimum absolute atomic E-state index is 0.123. The molecule has 0 radical (unpaired) electrons. The Morgan fingerprint density at radius 2 is 1.83 bits per heavy atom. The van der Waals surface area contributed by atoms with Gasteiger partial charge in [-0.1, -0.05) is 30.3 Å². The van der Waals surface area contributed by atoms with Crippen molar-refractivity contribution in [2.24, 2.45) is 0 Å². The molecule has 4 heterocycles. The second-order valence-corrected chi connectivity index (χ2v) is 9.63. The number of carbonyl (C=O) groups is 1. The maximum absolute atomic E-state index is 14.1. The number of rotatable bonds is 5. The average Bonchev–Trinajstić information content (AvgIpc) is 3.52. The zero-order valence-electron chi connectivity index (χ0n) is 19.1. The van der Waals surface area contributed by atoms with Gasteiger partial charge >= 0.3 is 0 Å². The number of piperazine rings is 1. The Morgan fingerprint density at radius 3 is 2.66 bits per heavy atom. The molecule has 1 fully saturated rings. The van der Waals surface area contributed by atoms with Crippen LogP contribution in [0.2, 0.25) is 0 Å². The molecule has 0 unspecified atom stereocenters. The molecule has 35 heavy (non-hydrogen) atoms. The fourth-order valence-corrected chi connectivity index (χ4v) is 5.64. The van der Waals surface area contributed by atoms with Gasteiger partial charge in [0.1, 0.15) is 22.8 Å². The van der Waals surface area contributed by atoms with Crippen LogP contribution >= 0.6 is 11.3 Å². The van der Waals surface area contributed by atoms with Gasteiger partial charge in [-0.2, -0.15) is 0 Å². The summed E-state index contributed by atoms with van der Waals surface area (Å²) in [5.41, 5.74) is 3.85. The average molecular weight is 486 g/mol. The molecule has 1 amide bonds. The lowest BCUT2D eigenvalue weighted by molar-refractivity contribution is -0.131. The largest absolute Gasteiger partial charge is 0.354 e. The monoisotopic (exact) mass is 485 g/mol. The molecule has 0 aliphatic carbocycles. The summed E-state index contributed by atoms with van der Waals surface area (Å²) in [6, 6.07) is 16.8. The first-order valence-electron chi connectivity index (χ1n) is 11.7. The highest BCUT2D eigenvalue weighted by atomic mass is 32.1. The quantitative estimate of drug-likeness (QED) is 0.369. The maximum Gasteiger partial charge on any atom is 0.223 e. The van der Waals surface area contributed by atoms with E-state index in [9.17, 15) is 9.18 Å². The van der Waals surface area contributed by atoms with Gasteiger partial charge in [-0.25, -0.2) is 14.4 Å². The third kappa shape index (κ3) is 4.14. The van der Waals surface area contributed by atoms with E-state index in [1.165, 1.54) is 6.07 Å². The third-order valence-corrected chi connectivity index (χ3v) is 7.51. The molecule has 1 N–H and O–H groups in total. The summed E-state index contributed by atoms with van der Waals surface area (Å²) in [4.78, 5) is 30.6. The maximum atomic E-state index is 14.1. The lowest BCUT2D eigenvalue weighted by atomic mass is 10.0. The van der Waals surface area contributed by atoms with Gasteiger partial charge in [0.05, 0.1) is 5.39 Å². The van der Waals surface area contributed by atoms with E-state index in [0.717, 1.165) is 56.8 Å². The number of aromatic amines is 1. The Kier molecular flexibility index (Phi) is 5.66. The standard InChI is InChI=1S/C27H24FN5OS/c28-19-6-8-23-22(16-19)20(25(31-23)18-4-2-1-3-5-18)7-9-24(34)32-11-13-33(14-12-32)26-21-10-15-35-27(21)30-17-29-26/h1-6,8,10,15-17,31H,7,9,11-14H2. The van der Waals surface area contributed by atoms with Crippen LogP contribution in [0.4, 0.5) is 10.2 Å². The van der Waals surface area contributed by atoms with Crippen LogP contribution in [-0.4, -0.2) is 51.9 Å². The predicted octanol–water partition coefficient (Wildman–Crippen LogP) is 5.26. The molecular weight excluding hydrogens is 461 g/mol. The molecule has 2 aromatic carbocycles. The SMILES string of the molecule is O=C(CCc1c(-c2ccccc2)[nH]c2ccc(F)cc12)N1CCN(c2ncnc3sccc23)CC1. The van der Waals surface area contributed by atoms with Gasteiger partial charge in [0.15, 0.2) is 0 Å². The lowest BCUT2D eigenvalue weighted by Crippen LogP contribution is -2.49. The van der Waals surface area contributed by atoms with Crippen LogP contribution < -0.4 is 4.90 Å². The first-order valence-corrected chi connectivity index (χ1v) is 12.6. The number of halogens is 1. The molecule has 8 heteroatoms. The Morgan fingerprint density at radius 1 is 1.00 bits per heavy atom. The molecule has 6 rings (SSSR count). The van der Waals surface area contributed by atoms with Crippen molar-refractivity contribution < 1.29 is 9.18 Å². The number of aryl methyl sites for hydroxylation is 1. The number of aromatic nitrogens is 3. The summed E-state index contributed by atoms with van der Waals surface area (Å²) < 4.78 is 14.1. The first kappa shape index (κ1) is 21.7. The van der Waals surface area contributed by atoms with Crippen molar-refractivity contribution in [1.29, 1.82) is 0 Å². The Balaban J connectivity index is 1.17. The van der Waals surface area contributed by atoms with Crippen molar-refractivity contribution in [2.45, 2.75) is 12.8 Å². The van der Waals surface area contributed by atoms with Crippen LogP contribution in [0.25, 0.3) is 32.4 Å². The summed E-state index contributed by atoms with van der Waals surface area (Å²) in [5, 5.41) is 3.94. The van der Waals surface area contributed by atoms with E-state index in [1.54, 1.807) is 29.8 Å². The second-order valence-electron chi connectivity index (χ2n) is 8.74. The van der Waals surface area contributed by atoms with Crippen LogP contribution in [0.1, 0.15) is 12.0 Å². The van der Waals surface area contributed by atoms with Crippen molar-refractivity contribution in [1.82, 2.24) is 19.9 Å². The van der Waals surface area contributed by atoms with Gasteiger partial charge in [-0.3, -0.25) is 4.79 Å². The van der Waals surface area contributed by atoms with E-state index in [0.29, 0.717) is 25.9 Å². The fourth-order valence-electron chi connectivity index (χ4n) is 4.92. The van der Waals surface area contributed by atoms with E-state index in [4.69, 9.17) is 0 Å². The molecule has 3 aromatic heterocycles. The summed E-state index contributed by atoms with van der Waals surface area (Å²) >= 11 is 1.61. The van der Waals surface area contributed by atoms with E-state index >= 15 is 0 Å². The van der Waals surface area contributed by atoms with E-state index in [-0.39, 0.29) is 11.7 Å². The molecule has 0 atom stereocenters. The highest BCUT2D eigenvalue weighted by Crippen LogP contribution is 2.32. The van der Waals surface area contributed by atoms with Gasteiger partial charge < -0.3 is 14.8 Å². The van der Waals surface area contributed by atoms with Crippen LogP contribution in [0.15, 0.2) is 66.3 Å². The van der Waals surface area contributed by atoms with Gasteiger partial charge in [0.2, 0.25) is 5.91 Å². The smallest absolute Gasteiger partial charge is 0.223 e. The topological polar surface area (TPSA) is 65.1 Å². The van der Waals surface area contributed by atoms with Gasteiger partial charge in [-0.15, -0.1) is 11.3 Å². The summed E-state index contributed by atoms with van der Waals surface area (Å²) in [5.74, 6) is 0.790. The van der Waals surface area contributed by atoms with Crippen LogP contribution in [0, 0.1) is 5.82 Å². The van der Waals surface area contributed by atoms with Crippen molar-refractivity contribution in [3.63, 3.8) is 0 Å². The number of hydrogen-bond donors (Lipinski definition) is 1. The van der Waals surface area contributed by atoms with Crippen molar-refractivity contribution >= 4 is 44.2 Å². The van der Waals surface area contributed by atoms with Crippen molar-refractivity contribution in [3.8, 4) is 11.3 Å². The number of fused-ring (bicyclic) bond motifs is 2. The van der Waals surface area contributed by atoms with Gasteiger partial charge in [0, 0.05) is 49.2 Å². The molecule has 0 spiro atoms. The molecule has 5 aromatic rings. The zero-order chi connectivity index (χ0) is 23.8. The lowest BCUT2D eigenvalue weighted by Gasteiger charge is -2.35. The number of hydrogen-bond acceptors (Lipinski definition) is 5. The Labute approximate surface area is 206 Å². The van der Waals surface area contributed by atoms with Crippen LogP contribution in [0.5, 0.6) is 0 Å². The fraction of sp³-hybridized carbons (Fsp3) is 0.222. The Hall–Kier alpha value is -3.78. The molecule has 1 aliphatic rings. The van der Waals surface area contributed by atoms with E-state index in [1.807, 2.05) is 40.6 Å². The minimum Gasteiger partial charge on any atom is -0.354 e. The highest BCUT2D eigenvalue weighted by molar-refractivity contribution is 7.16. The van der Waals surface area contributed by atoms with Crippen LogP contribution in [0.3, 0.4) is 0 Å². The molecule has 6 nitrogen and oxygen atoms in total. The number of thiophene rings is 1. The number of anilines is 1. The van der Waals surface area contributed by atoms with E-state index < -0.39 is 0 Å². The molecule has 176 valence electrons. The van der Waals surface area contributed by atoms with E-state index in [2.05, 4.69) is 25.9 Å². The summed E-state index contributed by atoms with van der Waals surface area (Å²) in [7, 11) is 0. The van der Waals surface area contributed by atoms with Gasteiger partial charge in [-0.05, 0) is 47.2 Å². The number of amides is 1. The zero-order valence-corrected chi connectivity index (χ0v) is 19.9.